The number of amides is 1. The van der Waals surface area contributed by atoms with Crippen LogP contribution in [-0.2, 0) is 16.0 Å². The number of aliphatic carboxylic acids is 1. The predicted octanol–water partition coefficient (Wildman–Crippen LogP) is 2.40. The highest BCUT2D eigenvalue weighted by atomic mass is 16.5. The Morgan fingerprint density at radius 1 is 1.24 bits per heavy atom. The van der Waals surface area contributed by atoms with Crippen molar-refractivity contribution >= 4 is 11.9 Å². The SMILES string of the molecule is CCCc1noc(C2CCN(C(=O)[C@@H]3CC=CC[C@@H]3C(=O)O)CC2)n1. The van der Waals surface area contributed by atoms with Gasteiger partial charge in [-0.25, -0.2) is 0 Å². The first-order valence-corrected chi connectivity index (χ1v) is 9.09. The monoisotopic (exact) mass is 347 g/mol. The maximum atomic E-state index is 12.8. The van der Waals surface area contributed by atoms with Crippen LogP contribution in [0.2, 0.25) is 0 Å². The minimum absolute atomic E-state index is 0.0348. The summed E-state index contributed by atoms with van der Waals surface area (Å²) in [6, 6.07) is 0. The Morgan fingerprint density at radius 2 is 1.92 bits per heavy atom. The molecule has 0 spiro atoms. The van der Waals surface area contributed by atoms with Crippen LogP contribution in [0.4, 0.5) is 0 Å². The van der Waals surface area contributed by atoms with E-state index >= 15 is 0 Å². The van der Waals surface area contributed by atoms with Gasteiger partial charge in [-0.2, -0.15) is 4.98 Å². The zero-order valence-corrected chi connectivity index (χ0v) is 14.6. The summed E-state index contributed by atoms with van der Waals surface area (Å²) in [6.45, 7) is 3.30. The molecule has 25 heavy (non-hydrogen) atoms. The van der Waals surface area contributed by atoms with E-state index in [9.17, 15) is 14.7 Å². The molecule has 0 aromatic carbocycles. The lowest BCUT2D eigenvalue weighted by Crippen LogP contribution is -2.45. The van der Waals surface area contributed by atoms with Gasteiger partial charge in [0.2, 0.25) is 11.8 Å². The van der Waals surface area contributed by atoms with Crippen LogP contribution in [0.15, 0.2) is 16.7 Å². The molecular weight excluding hydrogens is 322 g/mol. The first-order chi connectivity index (χ1) is 12.1. The van der Waals surface area contributed by atoms with Gasteiger partial charge in [-0.3, -0.25) is 9.59 Å². The van der Waals surface area contributed by atoms with Crippen molar-refractivity contribution in [3.63, 3.8) is 0 Å². The van der Waals surface area contributed by atoms with E-state index in [1.807, 2.05) is 12.2 Å². The molecule has 0 unspecified atom stereocenters. The van der Waals surface area contributed by atoms with Crippen molar-refractivity contribution in [2.75, 3.05) is 13.1 Å². The number of aryl methyl sites for hydroxylation is 1. The third-order valence-corrected chi connectivity index (χ3v) is 5.18. The van der Waals surface area contributed by atoms with E-state index in [0.717, 1.165) is 31.5 Å². The van der Waals surface area contributed by atoms with Crippen molar-refractivity contribution in [2.45, 2.75) is 51.4 Å². The molecule has 0 bridgehead atoms. The number of piperidine rings is 1. The molecule has 7 nitrogen and oxygen atoms in total. The molecule has 1 amide bonds. The van der Waals surface area contributed by atoms with Crippen LogP contribution in [0, 0.1) is 11.8 Å². The van der Waals surface area contributed by atoms with Gasteiger partial charge in [-0.15, -0.1) is 0 Å². The van der Waals surface area contributed by atoms with Gasteiger partial charge in [0.05, 0.1) is 11.8 Å². The van der Waals surface area contributed by atoms with Gasteiger partial charge in [0.25, 0.3) is 0 Å². The maximum absolute atomic E-state index is 12.8. The van der Waals surface area contributed by atoms with Gasteiger partial charge in [0.15, 0.2) is 5.82 Å². The van der Waals surface area contributed by atoms with Crippen molar-refractivity contribution in [1.29, 1.82) is 0 Å². The van der Waals surface area contributed by atoms with Gasteiger partial charge in [0, 0.05) is 25.4 Å². The molecule has 2 aliphatic rings. The molecule has 0 saturated carbocycles. The molecule has 1 N–H and O–H groups in total. The number of nitrogens with zero attached hydrogens (tertiary/aromatic N) is 3. The van der Waals surface area contributed by atoms with Crippen LogP contribution in [-0.4, -0.2) is 45.1 Å². The number of carboxylic acids is 1. The Labute approximate surface area is 147 Å². The smallest absolute Gasteiger partial charge is 0.307 e. The molecule has 0 radical (unpaired) electrons. The highest BCUT2D eigenvalue weighted by molar-refractivity contribution is 5.85. The molecule has 1 aliphatic heterocycles. The minimum Gasteiger partial charge on any atom is -0.481 e. The number of carbonyl (C=O) groups excluding carboxylic acids is 1. The Bertz CT molecular complexity index is 647. The summed E-state index contributed by atoms with van der Waals surface area (Å²) in [7, 11) is 0. The lowest BCUT2D eigenvalue weighted by Gasteiger charge is -2.35. The lowest BCUT2D eigenvalue weighted by molar-refractivity contribution is -0.151. The topological polar surface area (TPSA) is 96.5 Å². The van der Waals surface area contributed by atoms with Gasteiger partial charge >= 0.3 is 5.97 Å². The molecule has 1 fully saturated rings. The molecule has 2 heterocycles. The quantitative estimate of drug-likeness (QED) is 0.822. The molecule has 1 aromatic heterocycles. The molecule has 3 rings (SSSR count). The van der Waals surface area contributed by atoms with Crippen molar-refractivity contribution in [3.05, 3.63) is 23.9 Å². The average molecular weight is 347 g/mol. The van der Waals surface area contributed by atoms with Crippen LogP contribution in [0.5, 0.6) is 0 Å². The largest absolute Gasteiger partial charge is 0.481 e. The number of hydrogen-bond donors (Lipinski definition) is 1. The summed E-state index contributed by atoms with van der Waals surface area (Å²) < 4.78 is 5.37. The first kappa shape index (κ1) is 17.6. The van der Waals surface area contributed by atoms with E-state index in [-0.39, 0.29) is 11.8 Å². The summed E-state index contributed by atoms with van der Waals surface area (Å²) in [5, 5.41) is 13.4. The Morgan fingerprint density at radius 3 is 2.56 bits per heavy atom. The van der Waals surface area contributed by atoms with Gasteiger partial charge in [-0.1, -0.05) is 24.2 Å². The molecule has 1 saturated heterocycles. The van der Waals surface area contributed by atoms with Crippen molar-refractivity contribution < 1.29 is 19.2 Å². The van der Waals surface area contributed by atoms with Crippen molar-refractivity contribution in [3.8, 4) is 0 Å². The fourth-order valence-corrected chi connectivity index (χ4v) is 3.70. The number of rotatable bonds is 5. The average Bonchev–Trinajstić information content (AvgIpc) is 3.10. The van der Waals surface area contributed by atoms with E-state index in [0.29, 0.717) is 31.8 Å². The maximum Gasteiger partial charge on any atom is 0.307 e. The van der Waals surface area contributed by atoms with Crippen LogP contribution in [0.25, 0.3) is 0 Å². The molecule has 1 aromatic rings. The lowest BCUT2D eigenvalue weighted by atomic mass is 9.81. The van der Waals surface area contributed by atoms with E-state index < -0.39 is 17.8 Å². The standard InChI is InChI=1S/C18H25N3O4/c1-2-5-15-19-16(25-20-15)12-8-10-21(11-9-12)17(22)13-6-3-4-7-14(13)18(23)24/h3-4,12-14H,2,5-11H2,1H3,(H,23,24)/t13-,14+/m1/s1. The molecule has 7 heteroatoms. The number of allylic oxidation sites excluding steroid dienone is 2. The number of carbonyl (C=O) groups is 2. The molecule has 1 aliphatic carbocycles. The number of hydrogen-bond acceptors (Lipinski definition) is 5. The second-order valence-electron chi connectivity index (χ2n) is 6.89. The fraction of sp³-hybridized carbons (Fsp3) is 0.667. The summed E-state index contributed by atoms with van der Waals surface area (Å²) in [4.78, 5) is 30.4. The summed E-state index contributed by atoms with van der Waals surface area (Å²) in [5.74, 6) is -0.377. The van der Waals surface area contributed by atoms with Crippen molar-refractivity contribution in [2.24, 2.45) is 11.8 Å². The summed E-state index contributed by atoms with van der Waals surface area (Å²) >= 11 is 0. The number of likely N-dealkylation sites (tertiary alicyclic amines) is 1. The third-order valence-electron chi connectivity index (χ3n) is 5.18. The number of carboxylic acid groups (broad SMARTS) is 1. The normalized spacial score (nSPS) is 24.4. The summed E-state index contributed by atoms with van der Waals surface area (Å²) in [5.41, 5.74) is 0. The first-order valence-electron chi connectivity index (χ1n) is 9.09. The highest BCUT2D eigenvalue weighted by Gasteiger charge is 2.38. The molecule has 2 atom stereocenters. The molecule has 136 valence electrons. The van der Waals surface area contributed by atoms with Crippen LogP contribution < -0.4 is 0 Å². The van der Waals surface area contributed by atoms with Crippen LogP contribution in [0.3, 0.4) is 0 Å². The number of aromatic nitrogens is 2. The van der Waals surface area contributed by atoms with E-state index in [2.05, 4.69) is 17.1 Å². The van der Waals surface area contributed by atoms with Crippen LogP contribution in [0.1, 0.15) is 56.7 Å². The van der Waals surface area contributed by atoms with Gasteiger partial charge in [0.1, 0.15) is 0 Å². The van der Waals surface area contributed by atoms with Crippen LogP contribution >= 0.6 is 0 Å². The predicted molar refractivity (Wildman–Crippen MR) is 89.8 cm³/mol. The van der Waals surface area contributed by atoms with Crippen molar-refractivity contribution in [1.82, 2.24) is 15.0 Å². The zero-order valence-electron chi connectivity index (χ0n) is 14.6. The third kappa shape index (κ3) is 3.91. The Balaban J connectivity index is 1.58. The second-order valence-corrected chi connectivity index (χ2v) is 6.89. The summed E-state index contributed by atoms with van der Waals surface area (Å²) in [6.07, 6.45) is 8.07. The van der Waals surface area contributed by atoms with E-state index in [4.69, 9.17) is 4.52 Å². The fourth-order valence-electron chi connectivity index (χ4n) is 3.70. The zero-order chi connectivity index (χ0) is 17.8. The second kappa shape index (κ2) is 7.80. The Kier molecular flexibility index (Phi) is 5.50. The molecular formula is C18H25N3O4. The Hall–Kier alpha value is -2.18. The van der Waals surface area contributed by atoms with Gasteiger partial charge in [-0.05, 0) is 32.1 Å². The highest BCUT2D eigenvalue weighted by Crippen LogP contribution is 2.31. The van der Waals surface area contributed by atoms with Gasteiger partial charge < -0.3 is 14.5 Å². The van der Waals surface area contributed by atoms with E-state index in [1.54, 1.807) is 4.90 Å². The van der Waals surface area contributed by atoms with E-state index in [1.165, 1.54) is 0 Å². The minimum atomic E-state index is -0.883.